The maximum atomic E-state index is 13.7. The number of hydrogen-bond acceptors (Lipinski definition) is 8. The summed E-state index contributed by atoms with van der Waals surface area (Å²) >= 11 is 1.28. The van der Waals surface area contributed by atoms with Crippen LogP contribution in [-0.4, -0.2) is 53.5 Å². The summed E-state index contributed by atoms with van der Waals surface area (Å²) in [5.74, 6) is 6.72. The quantitative estimate of drug-likeness (QED) is 0.477. The van der Waals surface area contributed by atoms with Crippen molar-refractivity contribution < 1.29 is 23.1 Å². The lowest BCUT2D eigenvalue weighted by Crippen LogP contribution is -2.42. The number of thioether (sulfide) groups is 1. The first-order chi connectivity index (χ1) is 18.6. The molecular weight excluding hydrogens is 526 g/mol. The summed E-state index contributed by atoms with van der Waals surface area (Å²) in [6.45, 7) is 4.53. The number of amidine groups is 1. The van der Waals surface area contributed by atoms with Gasteiger partial charge in [-0.3, -0.25) is 25.2 Å². The van der Waals surface area contributed by atoms with Gasteiger partial charge >= 0.3 is 0 Å². The molecule has 2 atom stereocenters. The van der Waals surface area contributed by atoms with Gasteiger partial charge in [0.2, 0.25) is 5.91 Å². The van der Waals surface area contributed by atoms with Crippen molar-refractivity contribution in [3.05, 3.63) is 41.4 Å². The number of piperidine rings is 1. The van der Waals surface area contributed by atoms with Crippen LogP contribution in [0.3, 0.4) is 0 Å². The number of dihydropyridines is 1. The van der Waals surface area contributed by atoms with Gasteiger partial charge in [-0.2, -0.15) is 5.10 Å². The Labute approximate surface area is 229 Å². The average Bonchev–Trinajstić information content (AvgIpc) is 3.63. The van der Waals surface area contributed by atoms with E-state index in [1.54, 1.807) is 11.0 Å². The number of pyridine rings is 1. The van der Waals surface area contributed by atoms with Crippen molar-refractivity contribution in [2.45, 2.75) is 57.4 Å². The van der Waals surface area contributed by atoms with E-state index in [0.717, 1.165) is 19.3 Å². The third kappa shape index (κ3) is 6.19. The van der Waals surface area contributed by atoms with Crippen molar-refractivity contribution in [1.29, 1.82) is 0 Å². The number of carbonyl (C=O) groups is 2. The molecule has 0 bridgehead atoms. The summed E-state index contributed by atoms with van der Waals surface area (Å²) in [5.41, 5.74) is 3.51. The van der Waals surface area contributed by atoms with Crippen LogP contribution in [0, 0.1) is 23.2 Å². The van der Waals surface area contributed by atoms with Crippen molar-refractivity contribution in [3.8, 4) is 11.8 Å². The van der Waals surface area contributed by atoms with E-state index in [0.29, 0.717) is 41.0 Å². The van der Waals surface area contributed by atoms with Gasteiger partial charge in [0.1, 0.15) is 17.6 Å². The molecule has 12 heteroatoms. The Morgan fingerprint density at radius 3 is 2.82 bits per heavy atom. The van der Waals surface area contributed by atoms with Gasteiger partial charge in [-0.25, -0.2) is 13.8 Å². The van der Waals surface area contributed by atoms with Crippen LogP contribution in [0.25, 0.3) is 5.57 Å². The SMILES string of the molecule is COC1=CNC(C(F)F)C=C1c1cc(N2CCC(C)(C)CC2=O)ncc1C(=O)NC1=NNC(C#CC2CC2)S1. The Morgan fingerprint density at radius 2 is 2.13 bits per heavy atom. The number of allylic oxidation sites excluding steroid dienone is 1. The summed E-state index contributed by atoms with van der Waals surface area (Å²) < 4.78 is 32.8. The maximum absolute atomic E-state index is 13.7. The predicted molar refractivity (Wildman–Crippen MR) is 146 cm³/mol. The standard InChI is InChI=1S/C27H30F2N6O3S/c1-27(2)8-9-35(23(36)12-27)21-11-16(17-10-19(24(28)29)30-14-20(17)38-3)18(13-31-21)25(37)32-26-34-33-22(39-26)7-6-15-4-5-15/h10-11,13-15,19,22,24,30,33H,4-5,8-9,12H2,1-3H3,(H,32,34,37). The third-order valence-electron chi connectivity index (χ3n) is 6.88. The molecule has 2 amide bonds. The van der Waals surface area contributed by atoms with E-state index in [9.17, 15) is 18.4 Å². The van der Waals surface area contributed by atoms with E-state index in [1.165, 1.54) is 37.3 Å². The number of amides is 2. The number of aromatic nitrogens is 1. The monoisotopic (exact) mass is 556 g/mol. The number of ether oxygens (including phenoxy) is 1. The minimum Gasteiger partial charge on any atom is -0.495 e. The molecule has 1 saturated carbocycles. The van der Waals surface area contributed by atoms with Gasteiger partial charge < -0.3 is 10.1 Å². The van der Waals surface area contributed by atoms with E-state index < -0.39 is 18.4 Å². The van der Waals surface area contributed by atoms with Crippen LogP contribution in [-0.2, 0) is 9.53 Å². The number of anilines is 1. The summed E-state index contributed by atoms with van der Waals surface area (Å²) in [6.07, 6.45) is 4.69. The summed E-state index contributed by atoms with van der Waals surface area (Å²) in [7, 11) is 1.42. The molecule has 0 aromatic carbocycles. The highest BCUT2D eigenvalue weighted by molar-refractivity contribution is 8.14. The molecule has 4 heterocycles. The van der Waals surface area contributed by atoms with Gasteiger partial charge in [0.05, 0.1) is 12.7 Å². The fourth-order valence-electron chi connectivity index (χ4n) is 4.45. The Hall–Kier alpha value is -3.59. The van der Waals surface area contributed by atoms with Gasteiger partial charge in [0, 0.05) is 42.4 Å². The molecule has 0 radical (unpaired) electrons. The normalized spacial score (nSPS) is 24.0. The second kappa shape index (κ2) is 10.9. The molecule has 1 aromatic rings. The Morgan fingerprint density at radius 1 is 1.33 bits per heavy atom. The summed E-state index contributed by atoms with van der Waals surface area (Å²) in [5, 5.41) is 9.62. The van der Waals surface area contributed by atoms with Gasteiger partial charge in [0.15, 0.2) is 10.5 Å². The minimum absolute atomic E-state index is 0.0877. The van der Waals surface area contributed by atoms with Crippen LogP contribution < -0.4 is 21.0 Å². The maximum Gasteiger partial charge on any atom is 0.261 e. The van der Waals surface area contributed by atoms with Crippen molar-refractivity contribution >= 4 is 40.1 Å². The molecule has 4 aliphatic rings. The molecular formula is C27H30F2N6O3S. The fraction of sp³-hybridized carbons (Fsp3) is 0.481. The van der Waals surface area contributed by atoms with Crippen molar-refractivity contribution in [3.63, 3.8) is 0 Å². The summed E-state index contributed by atoms with van der Waals surface area (Å²) in [6, 6.07) is 0.303. The highest BCUT2D eigenvalue weighted by Crippen LogP contribution is 2.36. The lowest BCUT2D eigenvalue weighted by molar-refractivity contribution is -0.122. The molecule has 0 spiro atoms. The first-order valence-corrected chi connectivity index (χ1v) is 13.6. The zero-order valence-corrected chi connectivity index (χ0v) is 22.7. The largest absolute Gasteiger partial charge is 0.495 e. The van der Waals surface area contributed by atoms with E-state index in [2.05, 4.69) is 38.0 Å². The molecule has 9 nitrogen and oxygen atoms in total. The van der Waals surface area contributed by atoms with Crippen molar-refractivity contribution in [1.82, 2.24) is 21.0 Å². The van der Waals surface area contributed by atoms with Crippen molar-refractivity contribution in [2.24, 2.45) is 16.4 Å². The van der Waals surface area contributed by atoms with Gasteiger partial charge in [-0.1, -0.05) is 25.7 Å². The van der Waals surface area contributed by atoms with Crippen LogP contribution in [0.4, 0.5) is 14.6 Å². The molecule has 206 valence electrons. The highest BCUT2D eigenvalue weighted by atomic mass is 32.2. The number of rotatable bonds is 5. The molecule has 5 rings (SSSR count). The number of alkyl halides is 2. The molecule has 1 aromatic heterocycles. The number of methoxy groups -OCH3 is 1. The molecule has 2 unspecified atom stereocenters. The minimum atomic E-state index is -2.69. The lowest BCUT2D eigenvalue weighted by atomic mass is 9.82. The molecule has 3 aliphatic heterocycles. The molecule has 39 heavy (non-hydrogen) atoms. The van der Waals surface area contributed by atoms with Crippen LogP contribution in [0.1, 0.15) is 55.5 Å². The highest BCUT2D eigenvalue weighted by Gasteiger charge is 2.34. The third-order valence-corrected chi connectivity index (χ3v) is 7.76. The zero-order chi connectivity index (χ0) is 27.7. The van der Waals surface area contributed by atoms with E-state index in [4.69, 9.17) is 4.74 Å². The first kappa shape index (κ1) is 27.0. The van der Waals surface area contributed by atoms with Gasteiger partial charge in [-0.15, -0.1) is 0 Å². The van der Waals surface area contributed by atoms with Crippen LogP contribution in [0.15, 0.2) is 35.4 Å². The van der Waals surface area contributed by atoms with E-state index in [1.807, 2.05) is 13.8 Å². The number of halogens is 2. The van der Waals surface area contributed by atoms with E-state index in [-0.39, 0.29) is 28.0 Å². The molecule has 1 aliphatic carbocycles. The van der Waals surface area contributed by atoms with Crippen LogP contribution >= 0.6 is 11.8 Å². The van der Waals surface area contributed by atoms with E-state index >= 15 is 0 Å². The van der Waals surface area contributed by atoms with Gasteiger partial charge in [0.25, 0.3) is 12.3 Å². The smallest absolute Gasteiger partial charge is 0.261 e. The summed E-state index contributed by atoms with van der Waals surface area (Å²) in [4.78, 5) is 32.4. The van der Waals surface area contributed by atoms with Crippen LogP contribution in [0.5, 0.6) is 0 Å². The molecule has 3 N–H and O–H groups in total. The Balaban J connectivity index is 1.46. The average molecular weight is 557 g/mol. The zero-order valence-electron chi connectivity index (χ0n) is 21.9. The van der Waals surface area contributed by atoms with Gasteiger partial charge in [-0.05, 0) is 48.6 Å². The second-order valence-corrected chi connectivity index (χ2v) is 11.7. The number of nitrogens with zero attached hydrogens (tertiary/aromatic N) is 3. The number of hydrogen-bond donors (Lipinski definition) is 3. The number of hydrazone groups is 1. The topological polar surface area (TPSA) is 108 Å². The van der Waals surface area contributed by atoms with Crippen LogP contribution in [0.2, 0.25) is 0 Å². The second-order valence-electron chi connectivity index (χ2n) is 10.6. The molecule has 1 saturated heterocycles. The predicted octanol–water partition coefficient (Wildman–Crippen LogP) is 3.42. The number of carbonyl (C=O) groups excluding carboxylic acids is 2. The molecule has 2 fully saturated rings. The Kier molecular flexibility index (Phi) is 7.53. The fourth-order valence-corrected chi connectivity index (χ4v) is 5.17. The first-order valence-electron chi connectivity index (χ1n) is 12.8. The van der Waals surface area contributed by atoms with Crippen molar-refractivity contribution in [2.75, 3.05) is 18.6 Å². The lowest BCUT2D eigenvalue weighted by Gasteiger charge is -2.36. The number of nitrogens with one attached hydrogen (secondary N) is 3. The Bertz CT molecular complexity index is 1330.